The van der Waals surface area contributed by atoms with Gasteiger partial charge < -0.3 is 15.0 Å². The van der Waals surface area contributed by atoms with Gasteiger partial charge in [-0.25, -0.2) is 0 Å². The molecule has 0 saturated carbocycles. The van der Waals surface area contributed by atoms with E-state index in [-0.39, 0.29) is 0 Å². The van der Waals surface area contributed by atoms with Crippen LogP contribution in [0.4, 0.5) is 0 Å². The van der Waals surface area contributed by atoms with Gasteiger partial charge >= 0.3 is 0 Å². The SMILES string of the molecule is CCNC(C)c1ccc(OCC2CCCCN2C)c(Br)c1. The minimum atomic E-state index is 0.366. The second kappa shape index (κ2) is 8.16. The van der Waals surface area contributed by atoms with Crippen molar-refractivity contribution in [2.45, 2.75) is 45.2 Å². The van der Waals surface area contributed by atoms with E-state index in [1.807, 2.05) is 0 Å². The number of ether oxygens (including phenoxy) is 1. The fraction of sp³-hybridized carbons (Fsp3) is 0.647. The molecule has 1 fully saturated rings. The molecule has 1 aliphatic rings. The van der Waals surface area contributed by atoms with Crippen molar-refractivity contribution in [1.82, 2.24) is 10.2 Å². The summed E-state index contributed by atoms with van der Waals surface area (Å²) in [6, 6.07) is 7.30. The largest absolute Gasteiger partial charge is 0.491 e. The highest BCUT2D eigenvalue weighted by atomic mass is 79.9. The molecule has 118 valence electrons. The Morgan fingerprint density at radius 1 is 1.43 bits per heavy atom. The highest BCUT2D eigenvalue weighted by Gasteiger charge is 2.19. The average molecular weight is 355 g/mol. The molecule has 0 aliphatic carbocycles. The van der Waals surface area contributed by atoms with Gasteiger partial charge in [0.15, 0.2) is 0 Å². The third-order valence-corrected chi connectivity index (χ3v) is 4.94. The average Bonchev–Trinajstić information content (AvgIpc) is 2.47. The van der Waals surface area contributed by atoms with Crippen LogP contribution in [0.5, 0.6) is 5.75 Å². The lowest BCUT2D eigenvalue weighted by molar-refractivity contribution is 0.124. The van der Waals surface area contributed by atoms with Crippen LogP contribution in [0.1, 0.15) is 44.7 Å². The van der Waals surface area contributed by atoms with Crippen LogP contribution in [0.15, 0.2) is 22.7 Å². The number of hydrogen-bond acceptors (Lipinski definition) is 3. The van der Waals surface area contributed by atoms with Gasteiger partial charge in [0, 0.05) is 12.1 Å². The van der Waals surface area contributed by atoms with Gasteiger partial charge in [0.25, 0.3) is 0 Å². The maximum absolute atomic E-state index is 6.03. The highest BCUT2D eigenvalue weighted by Crippen LogP contribution is 2.29. The van der Waals surface area contributed by atoms with Gasteiger partial charge in [0.05, 0.1) is 4.47 Å². The van der Waals surface area contributed by atoms with E-state index >= 15 is 0 Å². The van der Waals surface area contributed by atoms with Crippen LogP contribution < -0.4 is 10.1 Å². The molecule has 1 heterocycles. The first kappa shape index (κ1) is 16.8. The Hall–Kier alpha value is -0.580. The molecule has 4 heteroatoms. The Kier molecular flexibility index (Phi) is 6.52. The molecule has 2 unspecified atom stereocenters. The summed E-state index contributed by atoms with van der Waals surface area (Å²) in [5.41, 5.74) is 1.28. The molecule has 0 aromatic heterocycles. The van der Waals surface area contributed by atoms with Crippen molar-refractivity contribution in [3.05, 3.63) is 28.2 Å². The first-order chi connectivity index (χ1) is 10.1. The minimum Gasteiger partial charge on any atom is -0.491 e. The van der Waals surface area contributed by atoms with E-state index in [1.165, 1.54) is 31.4 Å². The van der Waals surface area contributed by atoms with Gasteiger partial charge in [-0.3, -0.25) is 0 Å². The number of piperidine rings is 1. The number of halogens is 1. The third-order valence-electron chi connectivity index (χ3n) is 4.32. The Morgan fingerprint density at radius 3 is 2.90 bits per heavy atom. The molecule has 0 bridgehead atoms. The fourth-order valence-corrected chi connectivity index (χ4v) is 3.38. The Morgan fingerprint density at radius 2 is 2.24 bits per heavy atom. The molecule has 1 N–H and O–H groups in total. The van der Waals surface area contributed by atoms with Crippen molar-refractivity contribution in [2.75, 3.05) is 26.7 Å². The predicted octanol–water partition coefficient (Wildman–Crippen LogP) is 3.98. The summed E-state index contributed by atoms with van der Waals surface area (Å²) in [6.45, 7) is 7.25. The molecule has 1 aromatic rings. The number of rotatable bonds is 6. The smallest absolute Gasteiger partial charge is 0.133 e. The Labute approximate surface area is 137 Å². The number of hydrogen-bond donors (Lipinski definition) is 1. The number of likely N-dealkylation sites (N-methyl/N-ethyl adjacent to an activating group) is 1. The first-order valence-corrected chi connectivity index (χ1v) is 8.77. The molecule has 2 atom stereocenters. The zero-order valence-electron chi connectivity index (χ0n) is 13.4. The van der Waals surface area contributed by atoms with Gasteiger partial charge in [0.2, 0.25) is 0 Å². The normalized spacial score (nSPS) is 21.2. The van der Waals surface area contributed by atoms with E-state index in [2.05, 4.69) is 65.2 Å². The minimum absolute atomic E-state index is 0.366. The second-order valence-electron chi connectivity index (χ2n) is 5.91. The summed E-state index contributed by atoms with van der Waals surface area (Å²) in [7, 11) is 2.20. The Balaban J connectivity index is 1.94. The van der Waals surface area contributed by atoms with Crippen LogP contribution in [0.25, 0.3) is 0 Å². The van der Waals surface area contributed by atoms with Crippen LogP contribution in [0.2, 0.25) is 0 Å². The van der Waals surface area contributed by atoms with Gasteiger partial charge in [-0.1, -0.05) is 19.4 Å². The van der Waals surface area contributed by atoms with Crippen LogP contribution >= 0.6 is 15.9 Å². The lowest BCUT2D eigenvalue weighted by atomic mass is 10.0. The van der Waals surface area contributed by atoms with E-state index in [0.717, 1.165) is 23.4 Å². The number of likely N-dealkylation sites (tertiary alicyclic amines) is 1. The van der Waals surface area contributed by atoms with Crippen LogP contribution in [-0.2, 0) is 0 Å². The van der Waals surface area contributed by atoms with E-state index in [4.69, 9.17) is 4.74 Å². The summed E-state index contributed by atoms with van der Waals surface area (Å²) < 4.78 is 7.08. The van der Waals surface area contributed by atoms with Crippen LogP contribution in [-0.4, -0.2) is 37.7 Å². The van der Waals surface area contributed by atoms with Crippen molar-refractivity contribution in [3.63, 3.8) is 0 Å². The number of nitrogens with zero attached hydrogens (tertiary/aromatic N) is 1. The van der Waals surface area contributed by atoms with Gasteiger partial charge in [-0.05, 0) is 73.5 Å². The summed E-state index contributed by atoms with van der Waals surface area (Å²) in [5, 5.41) is 3.43. The lowest BCUT2D eigenvalue weighted by Crippen LogP contribution is -2.40. The van der Waals surface area contributed by atoms with Crippen LogP contribution in [0, 0.1) is 0 Å². The van der Waals surface area contributed by atoms with Gasteiger partial charge in [-0.2, -0.15) is 0 Å². The zero-order valence-corrected chi connectivity index (χ0v) is 14.9. The van der Waals surface area contributed by atoms with Crippen molar-refractivity contribution >= 4 is 15.9 Å². The predicted molar refractivity (Wildman–Crippen MR) is 92.0 cm³/mol. The van der Waals surface area contributed by atoms with Crippen molar-refractivity contribution in [2.24, 2.45) is 0 Å². The van der Waals surface area contributed by atoms with E-state index in [9.17, 15) is 0 Å². The molecule has 3 nitrogen and oxygen atoms in total. The summed E-state index contributed by atoms with van der Waals surface area (Å²) in [5.74, 6) is 0.946. The van der Waals surface area contributed by atoms with E-state index in [1.54, 1.807) is 0 Å². The molecule has 1 aliphatic heterocycles. The fourth-order valence-electron chi connectivity index (χ4n) is 2.87. The molecule has 1 saturated heterocycles. The maximum Gasteiger partial charge on any atom is 0.133 e. The van der Waals surface area contributed by atoms with Crippen molar-refractivity contribution < 1.29 is 4.74 Å². The number of nitrogens with one attached hydrogen (secondary N) is 1. The quantitative estimate of drug-likeness (QED) is 0.835. The molecular formula is C17H27BrN2O. The van der Waals surface area contributed by atoms with Crippen molar-refractivity contribution in [3.8, 4) is 5.75 Å². The van der Waals surface area contributed by atoms with Gasteiger partial charge in [-0.15, -0.1) is 0 Å². The zero-order chi connectivity index (χ0) is 15.2. The second-order valence-corrected chi connectivity index (χ2v) is 6.76. The van der Waals surface area contributed by atoms with Crippen LogP contribution in [0.3, 0.4) is 0 Å². The molecule has 1 aromatic carbocycles. The third kappa shape index (κ3) is 4.70. The van der Waals surface area contributed by atoms with E-state index < -0.39 is 0 Å². The molecule has 21 heavy (non-hydrogen) atoms. The molecule has 0 spiro atoms. The summed E-state index contributed by atoms with van der Waals surface area (Å²) in [6.07, 6.45) is 3.87. The lowest BCUT2D eigenvalue weighted by Gasteiger charge is -2.32. The number of benzene rings is 1. The highest BCUT2D eigenvalue weighted by molar-refractivity contribution is 9.10. The van der Waals surface area contributed by atoms with Crippen molar-refractivity contribution in [1.29, 1.82) is 0 Å². The maximum atomic E-state index is 6.03. The monoisotopic (exact) mass is 354 g/mol. The Bertz CT molecular complexity index is 452. The first-order valence-electron chi connectivity index (χ1n) is 7.97. The van der Waals surface area contributed by atoms with E-state index in [0.29, 0.717) is 12.1 Å². The summed E-state index contributed by atoms with van der Waals surface area (Å²) >= 11 is 3.64. The molecule has 2 rings (SSSR count). The molecule has 0 amide bonds. The van der Waals surface area contributed by atoms with Gasteiger partial charge in [0.1, 0.15) is 12.4 Å². The standard InChI is InChI=1S/C17H27BrN2O/c1-4-19-13(2)14-8-9-17(16(18)11-14)21-12-15-7-5-6-10-20(15)3/h8-9,11,13,15,19H,4-7,10,12H2,1-3H3. The molecular weight excluding hydrogens is 328 g/mol. The summed E-state index contributed by atoms with van der Waals surface area (Å²) in [4.78, 5) is 2.42. The topological polar surface area (TPSA) is 24.5 Å². The molecule has 0 radical (unpaired) electrons.